The third-order valence-corrected chi connectivity index (χ3v) is 5.39. The molecule has 1 aliphatic carbocycles. The van der Waals surface area contributed by atoms with Crippen molar-refractivity contribution in [2.45, 2.75) is 32.1 Å². The van der Waals surface area contributed by atoms with Crippen LogP contribution in [0.25, 0.3) is 5.57 Å². The van der Waals surface area contributed by atoms with E-state index in [1.807, 2.05) is 50.3 Å². The maximum Gasteiger partial charge on any atom is 0.236 e. The summed E-state index contributed by atoms with van der Waals surface area (Å²) in [6.45, 7) is 4.68. The molecule has 1 aromatic carbocycles. The largest absolute Gasteiger partial charge is 0.481 e. The average molecular weight is 407 g/mol. The van der Waals surface area contributed by atoms with E-state index >= 15 is 0 Å². The molecule has 7 heteroatoms. The molecule has 0 unspecified atom stereocenters. The minimum Gasteiger partial charge on any atom is -0.481 e. The number of allylic oxidation sites excluding steroid dienone is 1. The Hall–Kier alpha value is -3.35. The molecule has 0 radical (unpaired) electrons. The quantitative estimate of drug-likeness (QED) is 0.579. The first kappa shape index (κ1) is 19.9. The summed E-state index contributed by atoms with van der Waals surface area (Å²) >= 11 is 0. The molecule has 2 aliphatic rings. The molecule has 0 spiro atoms. The lowest BCUT2D eigenvalue weighted by atomic mass is 9.94. The average Bonchev–Trinajstić information content (AvgIpc) is 3.45. The normalized spacial score (nSPS) is 16.9. The van der Waals surface area contributed by atoms with Gasteiger partial charge >= 0.3 is 0 Å². The van der Waals surface area contributed by atoms with Crippen molar-refractivity contribution in [2.75, 3.05) is 25.8 Å². The van der Waals surface area contributed by atoms with E-state index in [-0.39, 0.29) is 12.7 Å². The van der Waals surface area contributed by atoms with Crippen molar-refractivity contribution in [1.29, 1.82) is 0 Å². The lowest BCUT2D eigenvalue weighted by Crippen LogP contribution is -2.28. The van der Waals surface area contributed by atoms with Gasteiger partial charge in [0.2, 0.25) is 18.6 Å². The topological polar surface area (TPSA) is 82.0 Å². The highest BCUT2D eigenvalue weighted by molar-refractivity contribution is 6.19. The standard InChI is InChI=1S/C23H25N3O4/c1-4-16(21(28-3)24-5-2)17-7-6-8-20(25-17)26-22(27)23(11-12-23)15-9-10-18-19(13-15)30-14-29-18/h4,6-10,13H,5,11-12,14H2,1-3H3,(H,25,26,27)/b16-4-,24-21?. The maximum atomic E-state index is 13.2. The monoisotopic (exact) mass is 407 g/mol. The van der Waals surface area contributed by atoms with Crippen molar-refractivity contribution in [3.8, 4) is 11.5 Å². The van der Waals surface area contributed by atoms with Gasteiger partial charge in [0.25, 0.3) is 0 Å². The number of fused-ring (bicyclic) bond motifs is 1. The van der Waals surface area contributed by atoms with E-state index in [4.69, 9.17) is 14.2 Å². The molecule has 2 heterocycles. The number of hydrogen-bond acceptors (Lipinski definition) is 6. The third kappa shape index (κ3) is 3.63. The molecule has 0 saturated heterocycles. The van der Waals surface area contributed by atoms with Gasteiger partial charge in [-0.1, -0.05) is 18.2 Å². The van der Waals surface area contributed by atoms with Crippen molar-refractivity contribution >= 4 is 23.2 Å². The number of carbonyl (C=O) groups excluding carboxylic acids is 1. The summed E-state index contributed by atoms with van der Waals surface area (Å²) < 4.78 is 16.3. The number of nitrogens with zero attached hydrogens (tertiary/aromatic N) is 2. The molecule has 1 aromatic heterocycles. The van der Waals surface area contributed by atoms with E-state index in [2.05, 4.69) is 15.3 Å². The maximum absolute atomic E-state index is 13.2. The Morgan fingerprint density at radius 2 is 2.07 bits per heavy atom. The van der Waals surface area contributed by atoms with Crippen LogP contribution in [0.3, 0.4) is 0 Å². The van der Waals surface area contributed by atoms with Crippen LogP contribution in [-0.2, 0) is 14.9 Å². The summed E-state index contributed by atoms with van der Waals surface area (Å²) in [5, 5.41) is 2.99. The lowest BCUT2D eigenvalue weighted by Gasteiger charge is -2.16. The van der Waals surface area contributed by atoms with E-state index in [1.165, 1.54) is 0 Å². The van der Waals surface area contributed by atoms with Gasteiger partial charge in [0.1, 0.15) is 5.82 Å². The van der Waals surface area contributed by atoms with E-state index < -0.39 is 5.41 Å². The van der Waals surface area contributed by atoms with Gasteiger partial charge in [-0.05, 0) is 56.5 Å². The number of hydrogen-bond donors (Lipinski definition) is 1. The Balaban J connectivity index is 1.56. The molecular formula is C23H25N3O4. The van der Waals surface area contributed by atoms with E-state index in [0.717, 1.165) is 24.0 Å². The van der Waals surface area contributed by atoms with Gasteiger partial charge in [-0.25, -0.2) is 4.98 Å². The molecule has 2 aromatic rings. The Morgan fingerprint density at radius 3 is 2.77 bits per heavy atom. The number of pyridine rings is 1. The minimum absolute atomic E-state index is 0.0674. The van der Waals surface area contributed by atoms with Crippen LogP contribution in [0.5, 0.6) is 11.5 Å². The third-order valence-electron chi connectivity index (χ3n) is 5.39. The number of aliphatic imine (C=N–C) groups is 1. The second kappa shape index (κ2) is 8.18. The number of carbonyl (C=O) groups is 1. The van der Waals surface area contributed by atoms with Crippen molar-refractivity contribution in [3.05, 3.63) is 53.7 Å². The van der Waals surface area contributed by atoms with Crippen LogP contribution in [0.2, 0.25) is 0 Å². The van der Waals surface area contributed by atoms with Gasteiger partial charge in [-0.15, -0.1) is 0 Å². The van der Waals surface area contributed by atoms with Crippen LogP contribution >= 0.6 is 0 Å². The number of methoxy groups -OCH3 is 1. The molecule has 1 fully saturated rings. The number of ether oxygens (including phenoxy) is 3. The molecule has 7 nitrogen and oxygen atoms in total. The van der Waals surface area contributed by atoms with Gasteiger partial charge in [-0.3, -0.25) is 9.79 Å². The summed E-state index contributed by atoms with van der Waals surface area (Å²) in [5.74, 6) is 2.35. The Labute approximate surface area is 175 Å². The Kier molecular flexibility index (Phi) is 5.44. The zero-order valence-corrected chi connectivity index (χ0v) is 17.4. The number of rotatable bonds is 6. The van der Waals surface area contributed by atoms with Gasteiger partial charge in [0.05, 0.1) is 23.8 Å². The highest BCUT2D eigenvalue weighted by Gasteiger charge is 2.51. The summed E-state index contributed by atoms with van der Waals surface area (Å²) in [6, 6.07) is 11.2. The Morgan fingerprint density at radius 1 is 1.27 bits per heavy atom. The Bertz CT molecular complexity index is 1020. The zero-order chi connectivity index (χ0) is 21.1. The number of nitrogens with one attached hydrogen (secondary N) is 1. The smallest absolute Gasteiger partial charge is 0.236 e. The first-order valence-corrected chi connectivity index (χ1v) is 10.1. The number of benzene rings is 1. The fourth-order valence-corrected chi connectivity index (χ4v) is 3.64. The van der Waals surface area contributed by atoms with Crippen LogP contribution in [0, 0.1) is 0 Å². The molecule has 1 saturated carbocycles. The van der Waals surface area contributed by atoms with Gasteiger partial charge in [0.15, 0.2) is 11.5 Å². The SMILES string of the molecule is C/C=C(\C(=NCC)OC)c1cccc(NC(=O)C2(c3ccc4c(c3)OCO4)CC2)n1. The van der Waals surface area contributed by atoms with Crippen LogP contribution in [0.15, 0.2) is 47.5 Å². The molecule has 30 heavy (non-hydrogen) atoms. The van der Waals surface area contributed by atoms with Crippen molar-refractivity contribution in [1.82, 2.24) is 4.98 Å². The van der Waals surface area contributed by atoms with Crippen LogP contribution in [0.4, 0.5) is 5.82 Å². The molecular weight excluding hydrogens is 382 g/mol. The zero-order valence-electron chi connectivity index (χ0n) is 17.4. The second-order valence-corrected chi connectivity index (χ2v) is 7.20. The fraction of sp³-hybridized carbons (Fsp3) is 0.348. The van der Waals surface area contributed by atoms with E-state index in [0.29, 0.717) is 35.5 Å². The molecule has 0 bridgehead atoms. The first-order chi connectivity index (χ1) is 14.6. The van der Waals surface area contributed by atoms with E-state index in [9.17, 15) is 4.79 Å². The molecule has 1 amide bonds. The predicted molar refractivity (Wildman–Crippen MR) is 115 cm³/mol. The minimum atomic E-state index is -0.552. The fourth-order valence-electron chi connectivity index (χ4n) is 3.64. The van der Waals surface area contributed by atoms with Crippen molar-refractivity contribution in [2.24, 2.45) is 4.99 Å². The van der Waals surface area contributed by atoms with Crippen molar-refractivity contribution in [3.63, 3.8) is 0 Å². The summed E-state index contributed by atoms with van der Waals surface area (Å²) in [5.41, 5.74) is 1.86. The second-order valence-electron chi connectivity index (χ2n) is 7.20. The predicted octanol–water partition coefficient (Wildman–Crippen LogP) is 3.95. The van der Waals surface area contributed by atoms with E-state index in [1.54, 1.807) is 13.2 Å². The summed E-state index contributed by atoms with van der Waals surface area (Å²) in [7, 11) is 1.59. The van der Waals surface area contributed by atoms with Gasteiger partial charge < -0.3 is 19.5 Å². The highest BCUT2D eigenvalue weighted by atomic mass is 16.7. The lowest BCUT2D eigenvalue weighted by molar-refractivity contribution is -0.118. The molecule has 1 aliphatic heterocycles. The first-order valence-electron chi connectivity index (χ1n) is 10.1. The van der Waals surface area contributed by atoms with Crippen LogP contribution in [0.1, 0.15) is 37.9 Å². The number of aromatic nitrogens is 1. The van der Waals surface area contributed by atoms with Crippen LogP contribution < -0.4 is 14.8 Å². The number of amides is 1. The molecule has 4 rings (SSSR count). The molecule has 1 N–H and O–H groups in total. The molecule has 156 valence electrons. The summed E-state index contributed by atoms with van der Waals surface area (Å²) in [6.07, 6.45) is 3.48. The number of anilines is 1. The summed E-state index contributed by atoms with van der Waals surface area (Å²) in [4.78, 5) is 22.2. The molecule has 0 atom stereocenters. The van der Waals surface area contributed by atoms with Crippen molar-refractivity contribution < 1.29 is 19.0 Å². The van der Waals surface area contributed by atoms with Gasteiger partial charge in [0, 0.05) is 6.54 Å². The highest BCUT2D eigenvalue weighted by Crippen LogP contribution is 2.51. The van der Waals surface area contributed by atoms with Gasteiger partial charge in [-0.2, -0.15) is 0 Å². The van der Waals surface area contributed by atoms with Crippen LogP contribution in [-0.4, -0.2) is 37.2 Å².